The first-order chi connectivity index (χ1) is 8.57. The lowest BCUT2D eigenvalue weighted by atomic mass is 9.75. The van der Waals surface area contributed by atoms with Gasteiger partial charge in [-0.1, -0.05) is 13.8 Å². The molecule has 1 heterocycles. The highest BCUT2D eigenvalue weighted by Gasteiger charge is 2.27. The number of morpholine rings is 1. The fourth-order valence-electron chi connectivity index (χ4n) is 2.76. The first kappa shape index (κ1) is 13.8. The van der Waals surface area contributed by atoms with Crippen LogP contribution < -0.4 is 5.32 Å². The molecule has 0 bridgehead atoms. The number of nitrogens with zero attached hydrogens (tertiary/aromatic N) is 1. The molecule has 0 atom stereocenters. The normalized spacial score (nSPS) is 25.1. The van der Waals surface area contributed by atoms with Crippen LogP contribution in [-0.4, -0.2) is 49.7 Å². The SMILES string of the molecule is CC1(C)CCC(NCC(=O)N2CCOCC2)CC1. The summed E-state index contributed by atoms with van der Waals surface area (Å²) in [4.78, 5) is 13.9. The minimum absolute atomic E-state index is 0.225. The molecule has 2 rings (SSSR count). The van der Waals surface area contributed by atoms with Gasteiger partial charge in [0.2, 0.25) is 5.91 Å². The molecule has 0 aromatic heterocycles. The Kier molecular flexibility index (Phi) is 4.62. The van der Waals surface area contributed by atoms with Crippen LogP contribution >= 0.6 is 0 Å². The molecular weight excluding hydrogens is 228 g/mol. The van der Waals surface area contributed by atoms with Gasteiger partial charge in [-0.05, 0) is 31.1 Å². The summed E-state index contributed by atoms with van der Waals surface area (Å²) in [7, 11) is 0. The fourth-order valence-corrected chi connectivity index (χ4v) is 2.76. The smallest absolute Gasteiger partial charge is 0.236 e. The van der Waals surface area contributed by atoms with Crippen molar-refractivity contribution in [2.24, 2.45) is 5.41 Å². The van der Waals surface area contributed by atoms with Crippen LogP contribution in [0.3, 0.4) is 0 Å². The lowest BCUT2D eigenvalue weighted by molar-refractivity contribution is -0.134. The van der Waals surface area contributed by atoms with E-state index in [0.717, 1.165) is 13.1 Å². The van der Waals surface area contributed by atoms with Crippen molar-refractivity contribution < 1.29 is 9.53 Å². The minimum Gasteiger partial charge on any atom is -0.378 e. The van der Waals surface area contributed by atoms with Gasteiger partial charge in [-0.2, -0.15) is 0 Å². The molecule has 2 aliphatic rings. The number of nitrogens with one attached hydrogen (secondary N) is 1. The van der Waals surface area contributed by atoms with Gasteiger partial charge in [0.1, 0.15) is 0 Å². The quantitative estimate of drug-likeness (QED) is 0.828. The summed E-state index contributed by atoms with van der Waals surface area (Å²) in [5.74, 6) is 0.225. The molecule has 0 unspecified atom stereocenters. The van der Waals surface area contributed by atoms with E-state index in [0.29, 0.717) is 31.2 Å². The van der Waals surface area contributed by atoms with E-state index in [9.17, 15) is 4.79 Å². The highest BCUT2D eigenvalue weighted by molar-refractivity contribution is 5.78. The summed E-state index contributed by atoms with van der Waals surface area (Å²) in [6.45, 7) is 8.03. The zero-order valence-electron chi connectivity index (χ0n) is 11.7. The number of hydrogen-bond acceptors (Lipinski definition) is 3. The Bertz CT molecular complexity index is 276. The third kappa shape index (κ3) is 3.95. The van der Waals surface area contributed by atoms with E-state index in [4.69, 9.17) is 4.74 Å². The molecule has 0 aromatic rings. The second-order valence-electron chi connectivity index (χ2n) is 6.31. The maximum atomic E-state index is 12.0. The standard InChI is InChI=1S/C14H26N2O2/c1-14(2)5-3-12(4-6-14)15-11-13(17)16-7-9-18-10-8-16/h12,15H,3-11H2,1-2H3. The van der Waals surface area contributed by atoms with Gasteiger partial charge in [0.25, 0.3) is 0 Å². The van der Waals surface area contributed by atoms with Crippen molar-refractivity contribution in [3.05, 3.63) is 0 Å². The minimum atomic E-state index is 0.225. The van der Waals surface area contributed by atoms with E-state index in [-0.39, 0.29) is 5.91 Å². The number of ether oxygens (including phenoxy) is 1. The van der Waals surface area contributed by atoms with Gasteiger partial charge < -0.3 is 15.0 Å². The molecule has 18 heavy (non-hydrogen) atoms. The molecule has 0 radical (unpaired) electrons. The second kappa shape index (κ2) is 6.02. The van der Waals surface area contributed by atoms with Crippen molar-refractivity contribution in [3.8, 4) is 0 Å². The molecule has 1 saturated carbocycles. The third-order valence-corrected chi connectivity index (χ3v) is 4.24. The van der Waals surface area contributed by atoms with Gasteiger partial charge in [0.05, 0.1) is 19.8 Å². The fraction of sp³-hybridized carbons (Fsp3) is 0.929. The molecule has 1 N–H and O–H groups in total. The van der Waals surface area contributed by atoms with E-state index in [2.05, 4.69) is 19.2 Å². The van der Waals surface area contributed by atoms with Crippen LogP contribution in [0, 0.1) is 5.41 Å². The Labute approximate surface area is 110 Å². The number of carbonyl (C=O) groups is 1. The van der Waals surface area contributed by atoms with Gasteiger partial charge in [-0.25, -0.2) is 0 Å². The van der Waals surface area contributed by atoms with E-state index in [1.54, 1.807) is 0 Å². The van der Waals surface area contributed by atoms with Crippen LogP contribution in [0.25, 0.3) is 0 Å². The number of hydrogen-bond donors (Lipinski definition) is 1. The van der Waals surface area contributed by atoms with E-state index in [1.807, 2.05) is 4.90 Å². The van der Waals surface area contributed by atoms with Gasteiger partial charge in [-0.3, -0.25) is 4.79 Å². The number of carbonyl (C=O) groups excluding carboxylic acids is 1. The Morgan fingerprint density at radius 3 is 2.50 bits per heavy atom. The molecule has 2 fully saturated rings. The molecule has 1 amide bonds. The molecule has 1 aliphatic heterocycles. The van der Waals surface area contributed by atoms with E-state index in [1.165, 1.54) is 25.7 Å². The summed E-state index contributed by atoms with van der Waals surface area (Å²) >= 11 is 0. The van der Waals surface area contributed by atoms with E-state index < -0.39 is 0 Å². The molecule has 1 aliphatic carbocycles. The zero-order valence-corrected chi connectivity index (χ0v) is 11.7. The molecule has 1 saturated heterocycles. The first-order valence-electron chi connectivity index (χ1n) is 7.16. The van der Waals surface area contributed by atoms with Gasteiger partial charge >= 0.3 is 0 Å². The largest absolute Gasteiger partial charge is 0.378 e. The zero-order chi connectivity index (χ0) is 13.0. The molecular formula is C14H26N2O2. The van der Waals surface area contributed by atoms with Crippen LogP contribution in [0.2, 0.25) is 0 Å². The van der Waals surface area contributed by atoms with Crippen molar-refractivity contribution in [1.29, 1.82) is 0 Å². The summed E-state index contributed by atoms with van der Waals surface area (Å²) < 4.78 is 5.25. The molecule has 4 nitrogen and oxygen atoms in total. The molecule has 4 heteroatoms. The summed E-state index contributed by atoms with van der Waals surface area (Å²) in [5, 5.41) is 3.42. The van der Waals surface area contributed by atoms with Crippen molar-refractivity contribution >= 4 is 5.91 Å². The van der Waals surface area contributed by atoms with Crippen LogP contribution in [-0.2, 0) is 9.53 Å². The third-order valence-electron chi connectivity index (χ3n) is 4.24. The van der Waals surface area contributed by atoms with Crippen molar-refractivity contribution in [1.82, 2.24) is 10.2 Å². The topological polar surface area (TPSA) is 41.6 Å². The lowest BCUT2D eigenvalue weighted by Crippen LogP contribution is -2.47. The summed E-state index contributed by atoms with van der Waals surface area (Å²) in [6.07, 6.45) is 4.92. The maximum Gasteiger partial charge on any atom is 0.236 e. The Morgan fingerprint density at radius 2 is 1.89 bits per heavy atom. The molecule has 104 valence electrons. The van der Waals surface area contributed by atoms with Crippen molar-refractivity contribution in [3.63, 3.8) is 0 Å². The first-order valence-corrected chi connectivity index (χ1v) is 7.16. The predicted molar refractivity (Wildman–Crippen MR) is 71.4 cm³/mol. The summed E-state index contributed by atoms with van der Waals surface area (Å²) in [6, 6.07) is 0.531. The average molecular weight is 254 g/mol. The number of amides is 1. The highest BCUT2D eigenvalue weighted by Crippen LogP contribution is 2.34. The maximum absolute atomic E-state index is 12.0. The van der Waals surface area contributed by atoms with Crippen LogP contribution in [0.1, 0.15) is 39.5 Å². The van der Waals surface area contributed by atoms with Crippen molar-refractivity contribution in [2.45, 2.75) is 45.6 Å². The van der Waals surface area contributed by atoms with Gasteiger partial charge in [0.15, 0.2) is 0 Å². The predicted octanol–water partition coefficient (Wildman–Crippen LogP) is 1.40. The molecule has 0 aromatic carbocycles. The Hall–Kier alpha value is -0.610. The Balaban J connectivity index is 1.67. The second-order valence-corrected chi connectivity index (χ2v) is 6.31. The highest BCUT2D eigenvalue weighted by atomic mass is 16.5. The van der Waals surface area contributed by atoms with Crippen LogP contribution in [0.15, 0.2) is 0 Å². The monoisotopic (exact) mass is 254 g/mol. The van der Waals surface area contributed by atoms with Gasteiger partial charge in [-0.15, -0.1) is 0 Å². The van der Waals surface area contributed by atoms with Crippen LogP contribution in [0.5, 0.6) is 0 Å². The Morgan fingerprint density at radius 1 is 1.28 bits per heavy atom. The average Bonchev–Trinajstić information content (AvgIpc) is 2.38. The van der Waals surface area contributed by atoms with Crippen LogP contribution in [0.4, 0.5) is 0 Å². The van der Waals surface area contributed by atoms with Gasteiger partial charge in [0, 0.05) is 19.1 Å². The van der Waals surface area contributed by atoms with E-state index >= 15 is 0 Å². The molecule has 0 spiro atoms. The summed E-state index contributed by atoms with van der Waals surface area (Å²) in [5.41, 5.74) is 0.492. The van der Waals surface area contributed by atoms with Crippen molar-refractivity contribution in [2.75, 3.05) is 32.8 Å². The lowest BCUT2D eigenvalue weighted by Gasteiger charge is -2.35. The number of rotatable bonds is 3.